The summed E-state index contributed by atoms with van der Waals surface area (Å²) in [7, 11) is -0.656. The molecule has 0 bridgehead atoms. The van der Waals surface area contributed by atoms with Crippen molar-refractivity contribution < 1.29 is 27.4 Å². The van der Waals surface area contributed by atoms with Gasteiger partial charge in [-0.1, -0.05) is 35.9 Å². The van der Waals surface area contributed by atoms with Gasteiger partial charge in [0.2, 0.25) is 21.8 Å². The molecular weight excluding hydrogens is 542 g/mol. The maximum atomic E-state index is 13.4. The first kappa shape index (κ1) is 28.7. The molecule has 2 aromatic carbocycles. The van der Waals surface area contributed by atoms with E-state index in [9.17, 15) is 13.2 Å². The monoisotopic (exact) mass is 573 g/mol. The second kappa shape index (κ2) is 12.7. The van der Waals surface area contributed by atoms with Gasteiger partial charge in [-0.2, -0.15) is 0 Å². The molecule has 1 amide bonds. The Morgan fingerprint density at radius 1 is 1.00 bits per heavy atom. The van der Waals surface area contributed by atoms with Crippen molar-refractivity contribution in [2.45, 2.75) is 36.6 Å². The minimum absolute atomic E-state index is 0.00861. The minimum Gasteiger partial charge on any atom is -0.497 e. The lowest BCUT2D eigenvalue weighted by molar-refractivity contribution is -0.126. The molecule has 0 spiro atoms. The molecule has 39 heavy (non-hydrogen) atoms. The fourth-order valence-electron chi connectivity index (χ4n) is 4.67. The number of carbonyl (C=O) groups excluding carboxylic acids is 1. The van der Waals surface area contributed by atoms with Crippen LogP contribution in [0.3, 0.4) is 0 Å². The van der Waals surface area contributed by atoms with Crippen molar-refractivity contribution in [2.75, 3.05) is 20.8 Å². The molecule has 11 heteroatoms. The van der Waals surface area contributed by atoms with Crippen molar-refractivity contribution in [2.24, 2.45) is 17.0 Å². The van der Waals surface area contributed by atoms with E-state index in [1.165, 1.54) is 6.07 Å². The van der Waals surface area contributed by atoms with Crippen LogP contribution in [0.5, 0.6) is 17.4 Å². The number of nitrogens with zero attached hydrogens (tertiary/aromatic N) is 1. The average molecular weight is 574 g/mol. The second-order valence-corrected chi connectivity index (χ2v) is 11.5. The molecule has 1 heterocycles. The Morgan fingerprint density at radius 2 is 1.54 bits per heavy atom. The predicted molar refractivity (Wildman–Crippen MR) is 148 cm³/mol. The largest absolute Gasteiger partial charge is 0.497 e. The van der Waals surface area contributed by atoms with Gasteiger partial charge < -0.3 is 19.5 Å². The zero-order chi connectivity index (χ0) is 28.0. The van der Waals surface area contributed by atoms with Crippen molar-refractivity contribution in [1.29, 1.82) is 0 Å². The molecule has 0 unspecified atom stereocenters. The number of nitrogens with one attached hydrogen (secondary N) is 1. The fraction of sp³-hybridized carbons (Fsp3) is 0.357. The highest BCUT2D eigenvalue weighted by atomic mass is 35.5. The Bertz CT molecular complexity index is 1330. The number of aromatic nitrogens is 1. The zero-order valence-corrected chi connectivity index (χ0v) is 23.4. The van der Waals surface area contributed by atoms with Crippen LogP contribution in [0.15, 0.2) is 65.7 Å². The molecule has 0 aliphatic heterocycles. The van der Waals surface area contributed by atoms with Gasteiger partial charge in [-0.3, -0.25) is 4.79 Å². The quantitative estimate of drug-likeness (QED) is 0.365. The van der Waals surface area contributed by atoms with Gasteiger partial charge in [0, 0.05) is 5.92 Å². The first-order valence-electron chi connectivity index (χ1n) is 12.6. The lowest BCUT2D eigenvalue weighted by Gasteiger charge is -2.29. The highest BCUT2D eigenvalue weighted by molar-refractivity contribution is 7.89. The van der Waals surface area contributed by atoms with E-state index in [2.05, 4.69) is 10.3 Å². The number of primary sulfonamides is 1. The number of amides is 1. The van der Waals surface area contributed by atoms with Crippen molar-refractivity contribution in [3.8, 4) is 17.4 Å². The normalized spacial score (nSPS) is 17.5. The van der Waals surface area contributed by atoms with Crippen LogP contribution < -0.4 is 24.7 Å². The van der Waals surface area contributed by atoms with Gasteiger partial charge in [-0.25, -0.2) is 18.5 Å². The molecule has 9 nitrogen and oxygen atoms in total. The number of rotatable bonds is 10. The summed E-state index contributed by atoms with van der Waals surface area (Å²) < 4.78 is 39.3. The predicted octanol–water partition coefficient (Wildman–Crippen LogP) is 4.49. The highest BCUT2D eigenvalue weighted by Gasteiger charge is 2.29. The number of hydrogen-bond acceptors (Lipinski definition) is 7. The summed E-state index contributed by atoms with van der Waals surface area (Å²) in [6, 6.07) is 16.3. The first-order chi connectivity index (χ1) is 18.7. The van der Waals surface area contributed by atoms with Crippen LogP contribution in [-0.4, -0.2) is 40.1 Å². The van der Waals surface area contributed by atoms with Crippen LogP contribution in [0, 0.1) is 11.8 Å². The van der Waals surface area contributed by atoms with Crippen LogP contribution in [-0.2, 0) is 14.8 Å². The number of nitrogens with two attached hydrogens (primary N) is 1. The molecule has 1 aliphatic carbocycles. The van der Waals surface area contributed by atoms with Gasteiger partial charge in [0.1, 0.15) is 21.4 Å². The molecule has 1 saturated carbocycles. The number of benzene rings is 2. The highest BCUT2D eigenvalue weighted by Crippen LogP contribution is 2.32. The minimum atomic E-state index is -3.89. The topological polar surface area (TPSA) is 130 Å². The summed E-state index contributed by atoms with van der Waals surface area (Å²) >= 11 is 6.13. The number of pyridine rings is 1. The maximum absolute atomic E-state index is 13.4. The maximum Gasteiger partial charge on any atom is 0.239 e. The Morgan fingerprint density at radius 3 is 2.00 bits per heavy atom. The number of hydrogen-bond donors (Lipinski definition) is 2. The SMILES string of the molecule is COc1ccc(C(NC(=O)[C@H]2CC[C@H](COc3ncc(S(N)(=O)=O)cc3Cl)CC2)c2ccc(OC)cc2)cc1. The molecule has 1 aliphatic rings. The summed E-state index contributed by atoms with van der Waals surface area (Å²) in [5.74, 6) is 1.77. The number of ether oxygens (including phenoxy) is 3. The van der Waals surface area contributed by atoms with Crippen molar-refractivity contribution in [1.82, 2.24) is 10.3 Å². The lowest BCUT2D eigenvalue weighted by atomic mass is 9.81. The van der Waals surface area contributed by atoms with Crippen LogP contribution in [0.25, 0.3) is 0 Å². The molecule has 208 valence electrons. The van der Waals surface area contributed by atoms with E-state index in [1.54, 1.807) is 14.2 Å². The Labute approximate surface area is 233 Å². The average Bonchev–Trinajstić information content (AvgIpc) is 2.95. The second-order valence-electron chi connectivity index (χ2n) is 9.52. The summed E-state index contributed by atoms with van der Waals surface area (Å²) in [6.45, 7) is 0.371. The molecule has 1 fully saturated rings. The molecule has 4 rings (SSSR count). The van der Waals surface area contributed by atoms with E-state index in [0.717, 1.165) is 54.5 Å². The van der Waals surface area contributed by atoms with E-state index in [4.69, 9.17) is 31.0 Å². The molecule has 1 aromatic heterocycles. The van der Waals surface area contributed by atoms with Gasteiger partial charge in [0.25, 0.3) is 0 Å². The lowest BCUT2D eigenvalue weighted by Crippen LogP contribution is -2.36. The standard InChI is InChI=1S/C28H32ClN3O6S/c1-36-22-11-7-19(8-12-22)26(20-9-13-23(37-2)14-10-20)32-27(33)21-5-3-18(4-6-21)17-38-28-25(29)15-24(16-31-28)39(30,34)35/h7-16,18,21,26H,3-6,17H2,1-2H3,(H,32,33)(H2,30,34,35)/t18-,21-. The first-order valence-corrected chi connectivity index (χ1v) is 14.5. The van der Waals surface area contributed by atoms with E-state index in [0.29, 0.717) is 6.61 Å². The third kappa shape index (κ3) is 7.40. The Hall–Kier alpha value is -3.34. The number of methoxy groups -OCH3 is 2. The molecule has 0 atom stereocenters. The van der Waals surface area contributed by atoms with Gasteiger partial charge in [0.05, 0.1) is 33.1 Å². The molecule has 0 radical (unpaired) electrons. The van der Waals surface area contributed by atoms with Crippen LogP contribution in [0.4, 0.5) is 0 Å². The van der Waals surface area contributed by atoms with Crippen LogP contribution >= 0.6 is 11.6 Å². The summed E-state index contributed by atoms with van der Waals surface area (Å²) in [4.78, 5) is 17.2. The van der Waals surface area contributed by atoms with Crippen LogP contribution in [0.2, 0.25) is 5.02 Å². The van der Waals surface area contributed by atoms with Gasteiger partial charge in [-0.15, -0.1) is 0 Å². The summed E-state index contributed by atoms with van der Waals surface area (Å²) in [5.41, 5.74) is 1.91. The smallest absolute Gasteiger partial charge is 0.239 e. The fourth-order valence-corrected chi connectivity index (χ4v) is 5.44. The number of carbonyl (C=O) groups is 1. The van der Waals surface area contributed by atoms with Gasteiger partial charge in [-0.05, 0) is 73.1 Å². The van der Waals surface area contributed by atoms with Gasteiger partial charge in [0.15, 0.2) is 0 Å². The number of sulfonamides is 1. The van der Waals surface area contributed by atoms with Gasteiger partial charge >= 0.3 is 0 Å². The van der Waals surface area contributed by atoms with E-state index in [1.807, 2.05) is 48.5 Å². The third-order valence-corrected chi connectivity index (χ3v) is 8.12. The molecule has 3 aromatic rings. The van der Waals surface area contributed by atoms with Crippen LogP contribution in [0.1, 0.15) is 42.9 Å². The summed E-state index contributed by atoms with van der Waals surface area (Å²) in [5, 5.41) is 8.45. The Balaban J connectivity index is 1.36. The van der Waals surface area contributed by atoms with E-state index < -0.39 is 10.0 Å². The zero-order valence-electron chi connectivity index (χ0n) is 21.8. The molecule has 3 N–H and O–H groups in total. The third-order valence-electron chi connectivity index (χ3n) is 6.97. The van der Waals surface area contributed by atoms with E-state index in [-0.39, 0.29) is 39.6 Å². The Kier molecular flexibility index (Phi) is 9.32. The van der Waals surface area contributed by atoms with Crippen molar-refractivity contribution in [3.63, 3.8) is 0 Å². The van der Waals surface area contributed by atoms with Crippen molar-refractivity contribution >= 4 is 27.5 Å². The number of halogens is 1. The summed E-state index contributed by atoms with van der Waals surface area (Å²) in [6.07, 6.45) is 4.19. The van der Waals surface area contributed by atoms with Crippen molar-refractivity contribution in [3.05, 3.63) is 76.9 Å². The molecular formula is C28H32ClN3O6S. The van der Waals surface area contributed by atoms with E-state index >= 15 is 0 Å². The molecule has 0 saturated heterocycles.